The first-order valence-electron chi connectivity index (χ1n) is 10.7. The first kappa shape index (κ1) is 22.2. The molecule has 0 radical (unpaired) electrons. The summed E-state index contributed by atoms with van der Waals surface area (Å²) >= 11 is 0. The molecule has 0 aromatic heterocycles. The first-order valence-corrected chi connectivity index (χ1v) is 10.7. The predicted octanol–water partition coefficient (Wildman–Crippen LogP) is 4.98. The van der Waals surface area contributed by atoms with Crippen LogP contribution in [-0.4, -0.2) is 30.9 Å². The Bertz CT molecular complexity index is 899. The highest BCUT2D eigenvalue weighted by Gasteiger charge is 2.44. The summed E-state index contributed by atoms with van der Waals surface area (Å²) in [6, 6.07) is 10.2. The number of nitrogens with one attached hydrogen (secondary N) is 1. The van der Waals surface area contributed by atoms with E-state index >= 15 is 0 Å². The van der Waals surface area contributed by atoms with E-state index in [0.29, 0.717) is 23.0 Å². The molecule has 2 N–H and O–H groups in total. The molecule has 4 rings (SSSR count). The molecule has 2 aliphatic rings. The van der Waals surface area contributed by atoms with Crippen LogP contribution < -0.4 is 5.32 Å². The topological polar surface area (TPSA) is 41.5 Å². The summed E-state index contributed by atoms with van der Waals surface area (Å²) in [6.07, 6.45) is -3.93. The second-order valence-electron chi connectivity index (χ2n) is 8.71. The number of benzene rings is 2. The lowest BCUT2D eigenvalue weighted by atomic mass is 9.69. The molecule has 0 unspecified atom stereocenters. The Kier molecular flexibility index (Phi) is 6.37. The number of fused-ring (bicyclic) bond motifs is 1. The number of hydrogen-bond acceptors (Lipinski definition) is 3. The second-order valence-corrected chi connectivity index (χ2v) is 8.71. The normalized spacial score (nSPS) is 27.2. The van der Waals surface area contributed by atoms with Gasteiger partial charge in [-0.1, -0.05) is 23.8 Å². The highest BCUT2D eigenvalue weighted by Crippen LogP contribution is 2.46. The molecule has 1 saturated carbocycles. The van der Waals surface area contributed by atoms with E-state index < -0.39 is 24.5 Å². The van der Waals surface area contributed by atoms with Crippen LogP contribution >= 0.6 is 0 Å². The average Bonchev–Trinajstić information content (AvgIpc) is 3.20. The molecule has 0 bridgehead atoms. The Balaban J connectivity index is 1.63. The molecule has 2 aromatic rings. The first-order chi connectivity index (χ1) is 14.8. The lowest BCUT2D eigenvalue weighted by Gasteiger charge is -2.41. The van der Waals surface area contributed by atoms with Crippen LogP contribution in [-0.2, 0) is 10.9 Å². The lowest BCUT2D eigenvalue weighted by Crippen LogP contribution is -2.38. The van der Waals surface area contributed by atoms with Crippen molar-refractivity contribution in [2.75, 3.05) is 19.7 Å². The van der Waals surface area contributed by atoms with Crippen molar-refractivity contribution in [3.63, 3.8) is 0 Å². The third-order valence-corrected chi connectivity index (χ3v) is 6.63. The zero-order valence-electron chi connectivity index (χ0n) is 17.3. The molecule has 2 fully saturated rings. The summed E-state index contributed by atoms with van der Waals surface area (Å²) in [7, 11) is 0. The Morgan fingerprint density at radius 3 is 2.52 bits per heavy atom. The van der Waals surface area contributed by atoms with Gasteiger partial charge in [0, 0.05) is 5.92 Å². The van der Waals surface area contributed by atoms with E-state index in [1.807, 2.05) is 0 Å². The fourth-order valence-corrected chi connectivity index (χ4v) is 5.22. The van der Waals surface area contributed by atoms with Gasteiger partial charge in [0.1, 0.15) is 11.9 Å². The maximum atomic E-state index is 13.5. The summed E-state index contributed by atoms with van der Waals surface area (Å²) in [6.45, 7) is 2.92. The van der Waals surface area contributed by atoms with Gasteiger partial charge in [0.05, 0.1) is 18.3 Å². The van der Waals surface area contributed by atoms with Crippen molar-refractivity contribution in [3.05, 3.63) is 70.5 Å². The van der Waals surface area contributed by atoms with Gasteiger partial charge in [0.15, 0.2) is 0 Å². The van der Waals surface area contributed by atoms with Crippen LogP contribution in [0.1, 0.15) is 47.1 Å². The summed E-state index contributed by atoms with van der Waals surface area (Å²) in [5.41, 5.74) is 0.995. The van der Waals surface area contributed by atoms with Gasteiger partial charge in [-0.3, -0.25) is 0 Å². The number of aryl methyl sites for hydroxylation is 1. The third kappa shape index (κ3) is 4.78. The van der Waals surface area contributed by atoms with Crippen molar-refractivity contribution in [1.29, 1.82) is 0 Å². The highest BCUT2D eigenvalue weighted by molar-refractivity contribution is 5.33. The van der Waals surface area contributed by atoms with E-state index in [-0.39, 0.29) is 17.8 Å². The maximum Gasteiger partial charge on any atom is 0.416 e. The molecule has 0 spiro atoms. The molecule has 7 heteroatoms. The molecule has 168 valence electrons. The van der Waals surface area contributed by atoms with E-state index in [2.05, 4.69) is 5.32 Å². The molecule has 5 atom stereocenters. The van der Waals surface area contributed by atoms with Gasteiger partial charge in [0.25, 0.3) is 0 Å². The number of ether oxygens (including phenoxy) is 1. The van der Waals surface area contributed by atoms with Crippen molar-refractivity contribution in [1.82, 2.24) is 5.32 Å². The van der Waals surface area contributed by atoms with Crippen LogP contribution in [0.15, 0.2) is 42.5 Å². The van der Waals surface area contributed by atoms with E-state index in [1.165, 1.54) is 12.1 Å². The average molecular weight is 437 g/mol. The minimum Gasteiger partial charge on any atom is -0.393 e. The summed E-state index contributed by atoms with van der Waals surface area (Å²) in [4.78, 5) is 0. The van der Waals surface area contributed by atoms with Gasteiger partial charge in [-0.05, 0) is 80.1 Å². The molecule has 1 aliphatic heterocycles. The van der Waals surface area contributed by atoms with Crippen LogP contribution in [0.2, 0.25) is 0 Å². The van der Waals surface area contributed by atoms with Gasteiger partial charge in [-0.2, -0.15) is 13.2 Å². The molecule has 1 aliphatic carbocycles. The second kappa shape index (κ2) is 8.88. The Hall–Kier alpha value is -1.96. The van der Waals surface area contributed by atoms with E-state index in [9.17, 15) is 22.7 Å². The Labute approximate surface area is 179 Å². The number of hydrogen-bond donors (Lipinski definition) is 2. The number of aliphatic hydroxyl groups excluding tert-OH is 1. The molecular formula is C24H27F4NO2. The van der Waals surface area contributed by atoms with E-state index in [1.54, 1.807) is 25.1 Å². The van der Waals surface area contributed by atoms with Crippen molar-refractivity contribution < 1.29 is 27.4 Å². The fourth-order valence-electron chi connectivity index (χ4n) is 5.22. The minimum atomic E-state index is -4.47. The molecule has 3 nitrogen and oxygen atoms in total. The number of alkyl halides is 3. The summed E-state index contributed by atoms with van der Waals surface area (Å²) in [5.74, 6) is 0.450. The van der Waals surface area contributed by atoms with Gasteiger partial charge in [-0.15, -0.1) is 0 Å². The molecule has 0 amide bonds. The Morgan fingerprint density at radius 1 is 1.10 bits per heavy atom. The molecular weight excluding hydrogens is 410 g/mol. The van der Waals surface area contributed by atoms with Gasteiger partial charge in [-0.25, -0.2) is 4.39 Å². The van der Waals surface area contributed by atoms with Crippen molar-refractivity contribution >= 4 is 0 Å². The van der Waals surface area contributed by atoms with Crippen molar-refractivity contribution in [2.24, 2.45) is 11.8 Å². The van der Waals surface area contributed by atoms with Crippen LogP contribution in [0.4, 0.5) is 17.6 Å². The molecule has 2 aromatic carbocycles. The zero-order valence-corrected chi connectivity index (χ0v) is 17.3. The van der Waals surface area contributed by atoms with E-state index in [4.69, 9.17) is 4.74 Å². The molecule has 31 heavy (non-hydrogen) atoms. The van der Waals surface area contributed by atoms with Crippen molar-refractivity contribution in [3.8, 4) is 0 Å². The fraction of sp³-hybridized carbons (Fsp3) is 0.500. The van der Waals surface area contributed by atoms with Crippen molar-refractivity contribution in [2.45, 2.75) is 44.1 Å². The smallest absolute Gasteiger partial charge is 0.393 e. The predicted molar refractivity (Wildman–Crippen MR) is 109 cm³/mol. The maximum absolute atomic E-state index is 13.5. The third-order valence-electron chi connectivity index (χ3n) is 6.63. The van der Waals surface area contributed by atoms with Crippen LogP contribution in [0.5, 0.6) is 0 Å². The Morgan fingerprint density at radius 2 is 1.84 bits per heavy atom. The summed E-state index contributed by atoms with van der Waals surface area (Å²) in [5, 5.41) is 13.4. The molecule has 1 saturated heterocycles. The number of aliphatic hydroxyl groups is 1. The molecule has 1 heterocycles. The standard InChI is InChI=1S/C24H27F4NO2/c1-14-8-17(10-18(9-14)24(26,27)28)22(13-30)31-21-7-4-16-11-29-12-20(16)23(21)15-2-5-19(25)6-3-15/h2-3,5-6,8-10,16,20-23,29-30H,4,7,11-13H2,1H3/t16-,20-,21+,22+,23+/m1/s1. The zero-order chi connectivity index (χ0) is 22.2. The van der Waals surface area contributed by atoms with Crippen LogP contribution in [0.25, 0.3) is 0 Å². The van der Waals surface area contributed by atoms with Gasteiger partial charge < -0.3 is 15.2 Å². The number of rotatable bonds is 5. The van der Waals surface area contributed by atoms with E-state index in [0.717, 1.165) is 43.6 Å². The van der Waals surface area contributed by atoms with Crippen LogP contribution in [0.3, 0.4) is 0 Å². The monoisotopic (exact) mass is 437 g/mol. The van der Waals surface area contributed by atoms with Gasteiger partial charge in [0.2, 0.25) is 0 Å². The lowest BCUT2D eigenvalue weighted by molar-refractivity contribution is -0.137. The largest absolute Gasteiger partial charge is 0.416 e. The SMILES string of the molecule is Cc1cc([C@H](CO)O[C@H]2CC[C@@H]3CNC[C@H]3[C@@H]2c2ccc(F)cc2)cc(C(F)(F)F)c1. The quantitative estimate of drug-likeness (QED) is 0.648. The minimum absolute atomic E-state index is 0.0182. The summed E-state index contributed by atoms with van der Waals surface area (Å²) < 4.78 is 59.7. The van der Waals surface area contributed by atoms with Crippen LogP contribution in [0, 0.1) is 24.6 Å². The number of halogens is 4. The van der Waals surface area contributed by atoms with Gasteiger partial charge >= 0.3 is 6.18 Å². The highest BCUT2D eigenvalue weighted by atomic mass is 19.4.